The van der Waals surface area contributed by atoms with Crippen molar-refractivity contribution < 1.29 is 14.0 Å². The molecule has 0 spiro atoms. The predicted octanol–water partition coefficient (Wildman–Crippen LogP) is 4.72. The number of halogens is 1. The van der Waals surface area contributed by atoms with E-state index in [4.69, 9.17) is 10.7 Å². The number of primary amides is 1. The van der Waals surface area contributed by atoms with Crippen LogP contribution in [0.3, 0.4) is 0 Å². The SMILES string of the molecule is CNC(=O)CNc1cc(-n2c3ccccc3c3c(-c4nc5ccc(F)cc5[nH]4)cccc32)ccc1C(N)=O. The number of fused-ring (bicyclic) bond motifs is 4. The maximum atomic E-state index is 13.8. The molecule has 2 aromatic heterocycles. The maximum Gasteiger partial charge on any atom is 0.250 e. The predicted molar refractivity (Wildman–Crippen MR) is 147 cm³/mol. The van der Waals surface area contributed by atoms with E-state index in [0.29, 0.717) is 22.5 Å². The van der Waals surface area contributed by atoms with Gasteiger partial charge in [-0.15, -0.1) is 0 Å². The fourth-order valence-corrected chi connectivity index (χ4v) is 4.90. The molecule has 8 nitrogen and oxygen atoms in total. The molecule has 0 atom stereocenters. The third kappa shape index (κ3) is 3.81. The highest BCUT2D eigenvalue weighted by atomic mass is 19.1. The smallest absolute Gasteiger partial charge is 0.250 e. The molecule has 0 aliphatic carbocycles. The van der Waals surface area contributed by atoms with Crippen LogP contribution >= 0.6 is 0 Å². The van der Waals surface area contributed by atoms with E-state index in [1.165, 1.54) is 12.1 Å². The molecule has 188 valence electrons. The summed E-state index contributed by atoms with van der Waals surface area (Å²) in [4.78, 5) is 31.9. The van der Waals surface area contributed by atoms with Crippen molar-refractivity contribution in [2.45, 2.75) is 0 Å². The van der Waals surface area contributed by atoms with Gasteiger partial charge >= 0.3 is 0 Å². The van der Waals surface area contributed by atoms with Crippen molar-refractivity contribution in [2.75, 3.05) is 18.9 Å². The molecule has 0 aliphatic heterocycles. The number of aromatic amines is 1. The first-order chi connectivity index (χ1) is 18.4. The monoisotopic (exact) mass is 506 g/mol. The Kier molecular flexibility index (Phi) is 5.53. The van der Waals surface area contributed by atoms with Gasteiger partial charge < -0.3 is 25.9 Å². The summed E-state index contributed by atoms with van der Waals surface area (Å²) in [7, 11) is 1.55. The number of hydrogen-bond donors (Lipinski definition) is 4. The summed E-state index contributed by atoms with van der Waals surface area (Å²) in [5.41, 5.74) is 11.2. The van der Waals surface area contributed by atoms with Crippen LogP contribution in [-0.4, -0.2) is 39.9 Å². The Morgan fingerprint density at radius 3 is 2.63 bits per heavy atom. The van der Waals surface area contributed by atoms with Crippen LogP contribution in [0.2, 0.25) is 0 Å². The second-order valence-electron chi connectivity index (χ2n) is 8.92. The van der Waals surface area contributed by atoms with Crippen molar-refractivity contribution in [2.24, 2.45) is 5.73 Å². The number of nitrogens with two attached hydrogens (primary N) is 1. The van der Waals surface area contributed by atoms with Crippen molar-refractivity contribution >= 4 is 50.3 Å². The van der Waals surface area contributed by atoms with Crippen LogP contribution < -0.4 is 16.4 Å². The first-order valence-electron chi connectivity index (χ1n) is 12.0. The molecular weight excluding hydrogens is 483 g/mol. The van der Waals surface area contributed by atoms with Gasteiger partial charge in [0.05, 0.1) is 34.2 Å². The third-order valence-corrected chi connectivity index (χ3v) is 6.64. The van der Waals surface area contributed by atoms with Gasteiger partial charge in [0.15, 0.2) is 0 Å². The van der Waals surface area contributed by atoms with Crippen LogP contribution in [0.5, 0.6) is 0 Å². The summed E-state index contributed by atoms with van der Waals surface area (Å²) >= 11 is 0. The molecule has 2 heterocycles. The Balaban J connectivity index is 1.58. The number of likely N-dealkylation sites (N-methyl/N-ethyl adjacent to an activating group) is 1. The molecule has 0 saturated heterocycles. The van der Waals surface area contributed by atoms with Crippen LogP contribution in [0.4, 0.5) is 10.1 Å². The third-order valence-electron chi connectivity index (χ3n) is 6.64. The molecule has 9 heteroatoms. The van der Waals surface area contributed by atoms with Gasteiger partial charge in [-0.2, -0.15) is 0 Å². The van der Waals surface area contributed by atoms with Crippen molar-refractivity contribution in [3.63, 3.8) is 0 Å². The van der Waals surface area contributed by atoms with E-state index in [2.05, 4.69) is 20.2 Å². The average molecular weight is 507 g/mol. The summed E-state index contributed by atoms with van der Waals surface area (Å²) < 4.78 is 15.9. The topological polar surface area (TPSA) is 118 Å². The van der Waals surface area contributed by atoms with Gasteiger partial charge in [-0.3, -0.25) is 9.59 Å². The van der Waals surface area contributed by atoms with E-state index in [-0.39, 0.29) is 23.8 Å². The number of hydrogen-bond acceptors (Lipinski definition) is 4. The van der Waals surface area contributed by atoms with Gasteiger partial charge in [0.1, 0.15) is 11.6 Å². The minimum atomic E-state index is -0.596. The Morgan fingerprint density at radius 2 is 1.82 bits per heavy atom. The van der Waals surface area contributed by atoms with Gasteiger partial charge in [-0.25, -0.2) is 9.37 Å². The zero-order valence-electron chi connectivity index (χ0n) is 20.4. The molecule has 38 heavy (non-hydrogen) atoms. The summed E-state index contributed by atoms with van der Waals surface area (Å²) in [5, 5.41) is 7.56. The number of carbonyl (C=O) groups is 2. The lowest BCUT2D eigenvalue weighted by atomic mass is 10.1. The number of carbonyl (C=O) groups excluding carboxylic acids is 2. The van der Waals surface area contributed by atoms with Gasteiger partial charge in [0, 0.05) is 34.8 Å². The van der Waals surface area contributed by atoms with Gasteiger partial charge in [-0.1, -0.05) is 30.3 Å². The van der Waals surface area contributed by atoms with E-state index < -0.39 is 5.91 Å². The molecule has 0 aliphatic rings. The zero-order chi connectivity index (χ0) is 26.4. The largest absolute Gasteiger partial charge is 0.375 e. The van der Waals surface area contributed by atoms with Crippen molar-refractivity contribution in [3.8, 4) is 17.1 Å². The fraction of sp³-hybridized carbons (Fsp3) is 0.0690. The molecule has 0 radical (unpaired) electrons. The van der Waals surface area contributed by atoms with Gasteiger partial charge in [-0.05, 0) is 48.5 Å². The zero-order valence-corrected chi connectivity index (χ0v) is 20.4. The normalized spacial score (nSPS) is 11.3. The highest BCUT2D eigenvalue weighted by molar-refractivity contribution is 6.15. The van der Waals surface area contributed by atoms with E-state index in [9.17, 15) is 14.0 Å². The lowest BCUT2D eigenvalue weighted by molar-refractivity contribution is -0.118. The Morgan fingerprint density at radius 1 is 1.00 bits per heavy atom. The molecule has 4 aromatic carbocycles. The number of imidazole rings is 1. The standard InChI is InChI=1S/C29H23FN6O2/c1-32-26(37)15-33-22-14-17(10-11-18(22)28(31)38)36-24-7-3-2-5-19(24)27-20(6-4-8-25(27)36)29-34-21-12-9-16(30)13-23(21)35-29/h2-14,33H,15H2,1H3,(H2,31,38)(H,32,37)(H,34,35). The molecule has 5 N–H and O–H groups in total. The van der Waals surface area contributed by atoms with Crippen LogP contribution in [0.15, 0.2) is 78.9 Å². The second kappa shape index (κ2) is 9.04. The number of benzene rings is 4. The summed E-state index contributed by atoms with van der Waals surface area (Å²) in [6, 6.07) is 23.7. The molecule has 6 rings (SSSR count). The van der Waals surface area contributed by atoms with Gasteiger partial charge in [0.2, 0.25) is 5.91 Å². The number of nitrogens with one attached hydrogen (secondary N) is 3. The molecule has 0 bridgehead atoms. The number of anilines is 1. The highest BCUT2D eigenvalue weighted by Crippen LogP contribution is 2.38. The molecule has 2 amide bonds. The lowest BCUT2D eigenvalue weighted by Crippen LogP contribution is -2.27. The number of rotatable bonds is 6. The van der Waals surface area contributed by atoms with Crippen LogP contribution in [-0.2, 0) is 4.79 Å². The first kappa shape index (κ1) is 23.2. The second-order valence-corrected chi connectivity index (χ2v) is 8.92. The van der Waals surface area contributed by atoms with E-state index >= 15 is 0 Å². The maximum absolute atomic E-state index is 13.8. The molecule has 0 saturated carbocycles. The number of aromatic nitrogens is 3. The van der Waals surface area contributed by atoms with Crippen molar-refractivity contribution in [1.29, 1.82) is 0 Å². The van der Waals surface area contributed by atoms with Crippen LogP contribution in [0, 0.1) is 5.82 Å². The molecule has 0 unspecified atom stereocenters. The van der Waals surface area contributed by atoms with E-state index in [1.54, 1.807) is 19.2 Å². The highest BCUT2D eigenvalue weighted by Gasteiger charge is 2.19. The van der Waals surface area contributed by atoms with Crippen molar-refractivity contribution in [3.05, 3.63) is 90.2 Å². The Hall–Kier alpha value is -5.18. The van der Waals surface area contributed by atoms with Crippen LogP contribution in [0.25, 0.3) is 49.9 Å². The number of amides is 2. The number of H-pyrrole nitrogens is 1. The lowest BCUT2D eigenvalue weighted by Gasteiger charge is -2.14. The molecule has 0 fully saturated rings. The fourth-order valence-electron chi connectivity index (χ4n) is 4.90. The van der Waals surface area contributed by atoms with Crippen molar-refractivity contribution in [1.82, 2.24) is 19.9 Å². The molecule has 6 aromatic rings. The Bertz CT molecular complexity index is 1890. The minimum absolute atomic E-state index is 0.00972. The van der Waals surface area contributed by atoms with E-state index in [0.717, 1.165) is 33.1 Å². The van der Waals surface area contributed by atoms with E-state index in [1.807, 2.05) is 54.6 Å². The summed E-state index contributed by atoms with van der Waals surface area (Å²) in [6.07, 6.45) is 0. The van der Waals surface area contributed by atoms with Crippen LogP contribution in [0.1, 0.15) is 10.4 Å². The summed E-state index contributed by atoms with van der Waals surface area (Å²) in [6.45, 7) is -0.00972. The first-order valence-corrected chi connectivity index (χ1v) is 12.0. The minimum Gasteiger partial charge on any atom is -0.375 e. The summed E-state index contributed by atoms with van der Waals surface area (Å²) in [5.74, 6) is -0.515. The average Bonchev–Trinajstić information content (AvgIpc) is 3.50. The molecular formula is C29H23FN6O2. The Labute approximate surface area is 216 Å². The number of para-hydroxylation sites is 1. The quantitative estimate of drug-likeness (QED) is 0.261. The van der Waals surface area contributed by atoms with Gasteiger partial charge in [0.25, 0.3) is 5.91 Å². The number of nitrogens with zero attached hydrogens (tertiary/aromatic N) is 2.